The summed E-state index contributed by atoms with van der Waals surface area (Å²) in [6.45, 7) is 6.99. The van der Waals surface area contributed by atoms with Crippen LogP contribution in [0.4, 0.5) is 0 Å². The lowest BCUT2D eigenvalue weighted by Gasteiger charge is -2.16. The van der Waals surface area contributed by atoms with Crippen LogP contribution < -0.4 is 10.9 Å². The van der Waals surface area contributed by atoms with Crippen molar-refractivity contribution in [2.24, 2.45) is 5.73 Å². The number of carbonyl (C=O) groups excluding carboxylic acids is 1. The van der Waals surface area contributed by atoms with Crippen LogP contribution in [0, 0.1) is 0 Å². The Morgan fingerprint density at radius 1 is 1.15 bits per heavy atom. The number of hydrogen-bond acceptors (Lipinski definition) is 3. The van der Waals surface area contributed by atoms with E-state index in [1.807, 2.05) is 6.07 Å². The van der Waals surface area contributed by atoms with E-state index in [9.17, 15) is 4.79 Å². The van der Waals surface area contributed by atoms with E-state index in [2.05, 4.69) is 48.9 Å². The van der Waals surface area contributed by atoms with E-state index in [0.29, 0.717) is 4.88 Å². The van der Waals surface area contributed by atoms with E-state index in [-0.39, 0.29) is 5.91 Å². The first-order chi connectivity index (χ1) is 9.34. The molecule has 2 heterocycles. The van der Waals surface area contributed by atoms with Crippen molar-refractivity contribution in [3.63, 3.8) is 0 Å². The highest BCUT2D eigenvalue weighted by Gasteiger charge is 2.17. The molecular weight excluding hydrogens is 284 g/mol. The number of nitrogens with two attached hydrogens (primary N) is 1. The SMILES string of the molecule is C[Si](C)(C)c1ccc2nc3sc(C(N)=O)cc3cc2c1. The second kappa shape index (κ2) is 4.39. The number of fused-ring (bicyclic) bond motifs is 2. The van der Waals surface area contributed by atoms with Crippen molar-refractivity contribution in [1.29, 1.82) is 0 Å². The fraction of sp³-hybridized carbons (Fsp3) is 0.200. The largest absolute Gasteiger partial charge is 0.365 e. The highest BCUT2D eigenvalue weighted by Crippen LogP contribution is 2.27. The van der Waals surface area contributed by atoms with Crippen molar-refractivity contribution in [1.82, 2.24) is 4.98 Å². The van der Waals surface area contributed by atoms with E-state index in [1.54, 1.807) is 0 Å². The number of carbonyl (C=O) groups is 1. The van der Waals surface area contributed by atoms with Gasteiger partial charge in [-0.25, -0.2) is 4.98 Å². The minimum atomic E-state index is -1.33. The number of pyridine rings is 1. The van der Waals surface area contributed by atoms with E-state index in [4.69, 9.17) is 5.73 Å². The summed E-state index contributed by atoms with van der Waals surface area (Å²) < 4.78 is 0. The van der Waals surface area contributed by atoms with Crippen molar-refractivity contribution in [3.05, 3.63) is 35.2 Å². The third kappa shape index (κ3) is 2.23. The number of aromatic nitrogens is 1. The third-order valence-electron chi connectivity index (χ3n) is 3.41. The Morgan fingerprint density at radius 2 is 1.90 bits per heavy atom. The molecule has 0 bridgehead atoms. The Kier molecular flexibility index (Phi) is 2.91. The number of amides is 1. The molecule has 0 atom stereocenters. The molecule has 20 heavy (non-hydrogen) atoms. The van der Waals surface area contributed by atoms with Crippen LogP contribution in [0.2, 0.25) is 19.6 Å². The van der Waals surface area contributed by atoms with Gasteiger partial charge in [0.15, 0.2) is 0 Å². The lowest BCUT2D eigenvalue weighted by Crippen LogP contribution is -2.37. The maximum absolute atomic E-state index is 11.3. The first kappa shape index (κ1) is 13.3. The van der Waals surface area contributed by atoms with Crippen molar-refractivity contribution in [3.8, 4) is 0 Å². The number of nitrogens with zero attached hydrogens (tertiary/aromatic N) is 1. The third-order valence-corrected chi connectivity index (χ3v) is 6.51. The fourth-order valence-electron chi connectivity index (χ4n) is 2.22. The van der Waals surface area contributed by atoms with Gasteiger partial charge in [-0.2, -0.15) is 0 Å². The van der Waals surface area contributed by atoms with Crippen LogP contribution in [0.15, 0.2) is 30.3 Å². The van der Waals surface area contributed by atoms with Gasteiger partial charge in [-0.05, 0) is 18.2 Å². The summed E-state index contributed by atoms with van der Waals surface area (Å²) in [6, 6.07) is 10.4. The number of rotatable bonds is 2. The lowest BCUT2D eigenvalue weighted by molar-refractivity contribution is 0.100. The van der Waals surface area contributed by atoms with Gasteiger partial charge in [-0.1, -0.05) is 37.0 Å². The minimum absolute atomic E-state index is 0.389. The van der Waals surface area contributed by atoms with Crippen molar-refractivity contribution in [2.75, 3.05) is 0 Å². The summed E-state index contributed by atoms with van der Waals surface area (Å²) in [6.07, 6.45) is 0. The van der Waals surface area contributed by atoms with Gasteiger partial charge in [0, 0.05) is 10.8 Å². The van der Waals surface area contributed by atoms with Gasteiger partial charge in [0.1, 0.15) is 4.83 Å². The summed E-state index contributed by atoms with van der Waals surface area (Å²) in [5.41, 5.74) is 6.30. The molecule has 3 aromatic rings. The molecule has 0 aliphatic rings. The molecule has 3 rings (SSSR count). The van der Waals surface area contributed by atoms with Crippen molar-refractivity contribution < 1.29 is 4.79 Å². The topological polar surface area (TPSA) is 56.0 Å². The zero-order valence-corrected chi connectivity index (χ0v) is 13.5. The smallest absolute Gasteiger partial charge is 0.258 e. The van der Waals surface area contributed by atoms with Crippen LogP contribution in [-0.4, -0.2) is 19.0 Å². The van der Waals surface area contributed by atoms with Gasteiger partial charge < -0.3 is 5.73 Å². The molecule has 0 aliphatic carbocycles. The van der Waals surface area contributed by atoms with E-state index in [1.165, 1.54) is 16.5 Å². The molecule has 0 aliphatic heterocycles. The van der Waals surface area contributed by atoms with Crippen LogP contribution in [0.1, 0.15) is 9.67 Å². The number of primary amides is 1. The molecule has 5 heteroatoms. The van der Waals surface area contributed by atoms with Gasteiger partial charge >= 0.3 is 0 Å². The molecule has 0 unspecified atom stereocenters. The maximum Gasteiger partial charge on any atom is 0.258 e. The van der Waals surface area contributed by atoms with Gasteiger partial charge in [0.05, 0.1) is 18.5 Å². The first-order valence-electron chi connectivity index (χ1n) is 6.49. The van der Waals surface area contributed by atoms with Crippen LogP contribution in [0.5, 0.6) is 0 Å². The van der Waals surface area contributed by atoms with Crippen molar-refractivity contribution >= 4 is 51.6 Å². The molecule has 102 valence electrons. The second-order valence-corrected chi connectivity index (χ2v) is 12.1. The highest BCUT2D eigenvalue weighted by atomic mass is 32.1. The normalized spacial score (nSPS) is 12.2. The molecule has 0 spiro atoms. The predicted octanol–water partition coefficient (Wildman–Crippen LogP) is 3.09. The average Bonchev–Trinajstić information content (AvgIpc) is 2.77. The number of thiophene rings is 1. The molecule has 2 aromatic heterocycles. The second-order valence-electron chi connectivity index (χ2n) is 6.02. The van der Waals surface area contributed by atoms with E-state index >= 15 is 0 Å². The van der Waals surface area contributed by atoms with Gasteiger partial charge in [0.2, 0.25) is 0 Å². The molecule has 0 fully saturated rings. The first-order valence-corrected chi connectivity index (χ1v) is 10.8. The molecule has 2 N–H and O–H groups in total. The van der Waals surface area contributed by atoms with Crippen LogP contribution in [0.25, 0.3) is 21.1 Å². The monoisotopic (exact) mass is 300 g/mol. The average molecular weight is 300 g/mol. The maximum atomic E-state index is 11.3. The summed E-state index contributed by atoms with van der Waals surface area (Å²) in [5, 5.41) is 3.53. The molecule has 3 nitrogen and oxygen atoms in total. The molecular formula is C15H16N2OSSi. The lowest BCUT2D eigenvalue weighted by atomic mass is 10.2. The molecule has 1 aromatic carbocycles. The van der Waals surface area contributed by atoms with Gasteiger partial charge in [-0.15, -0.1) is 11.3 Å². The summed E-state index contributed by atoms with van der Waals surface area (Å²) in [4.78, 5) is 17.3. The van der Waals surface area contributed by atoms with E-state index < -0.39 is 8.07 Å². The van der Waals surface area contributed by atoms with Crippen molar-refractivity contribution in [2.45, 2.75) is 19.6 Å². The Balaban J connectivity index is 2.25. The van der Waals surface area contributed by atoms with Gasteiger partial charge in [-0.3, -0.25) is 4.79 Å². The molecule has 0 radical (unpaired) electrons. The zero-order chi connectivity index (χ0) is 14.5. The predicted molar refractivity (Wildman–Crippen MR) is 88.6 cm³/mol. The summed E-state index contributed by atoms with van der Waals surface area (Å²) in [7, 11) is -1.33. The van der Waals surface area contributed by atoms with Gasteiger partial charge in [0.25, 0.3) is 5.91 Å². The minimum Gasteiger partial charge on any atom is -0.365 e. The molecule has 0 saturated heterocycles. The van der Waals surface area contributed by atoms with E-state index in [0.717, 1.165) is 21.1 Å². The number of hydrogen-bond donors (Lipinski definition) is 1. The summed E-state index contributed by atoms with van der Waals surface area (Å²) in [5.74, 6) is -0.389. The Hall–Kier alpha value is -1.72. The zero-order valence-electron chi connectivity index (χ0n) is 11.7. The Bertz CT molecular complexity index is 833. The molecule has 1 amide bonds. The Labute approximate surface area is 122 Å². The number of benzene rings is 1. The Morgan fingerprint density at radius 3 is 2.55 bits per heavy atom. The summed E-state index contributed by atoms with van der Waals surface area (Å²) >= 11 is 1.35. The quantitative estimate of drug-likeness (QED) is 0.739. The van der Waals surface area contributed by atoms with Crippen LogP contribution in [-0.2, 0) is 0 Å². The fourth-order valence-corrected chi connectivity index (χ4v) is 4.27. The highest BCUT2D eigenvalue weighted by molar-refractivity contribution is 7.20. The van der Waals surface area contributed by atoms with Crippen LogP contribution in [0.3, 0.4) is 0 Å². The van der Waals surface area contributed by atoms with Crippen LogP contribution >= 0.6 is 11.3 Å². The molecule has 0 saturated carbocycles. The standard InChI is InChI=1S/C15H16N2OSSi/c1-20(2,3)11-4-5-12-9(7-11)6-10-8-13(14(16)18)19-15(10)17-12/h4-8H,1-3H3,(H2,16,18).